The second kappa shape index (κ2) is 4.58. The average molecular weight is 229 g/mol. The maximum Gasteiger partial charge on any atom is 0.106 e. The van der Waals surface area contributed by atoms with E-state index in [-0.39, 0.29) is 6.04 Å². The van der Waals surface area contributed by atoms with E-state index in [1.165, 1.54) is 0 Å². The van der Waals surface area contributed by atoms with Crippen LogP contribution in [0.15, 0.2) is 22.8 Å². The van der Waals surface area contributed by atoms with E-state index in [1.807, 2.05) is 25.1 Å². The minimum atomic E-state index is 0.255. The molecule has 0 spiro atoms. The molecule has 1 aromatic rings. The van der Waals surface area contributed by atoms with E-state index in [2.05, 4.69) is 20.9 Å². The Morgan fingerprint density at radius 2 is 2.33 bits per heavy atom. The fourth-order valence-electron chi connectivity index (χ4n) is 0.965. The molecular weight excluding hydrogens is 216 g/mol. The molecule has 0 aliphatic heterocycles. The molecule has 1 rings (SSSR count). The number of nitrogens with two attached hydrogens (primary N) is 1. The number of halogens is 1. The van der Waals surface area contributed by atoms with Crippen molar-refractivity contribution in [1.29, 1.82) is 0 Å². The lowest BCUT2D eigenvalue weighted by atomic mass is 10.1. The lowest BCUT2D eigenvalue weighted by Gasteiger charge is -2.03. The highest BCUT2D eigenvalue weighted by Gasteiger charge is 1.98. The Kier molecular flexibility index (Phi) is 3.69. The van der Waals surface area contributed by atoms with Crippen LogP contribution in [0.4, 0.5) is 0 Å². The Morgan fingerprint density at radius 3 is 2.92 bits per heavy atom. The molecule has 0 aliphatic carbocycles. The Morgan fingerprint density at radius 1 is 1.58 bits per heavy atom. The molecule has 1 aromatic heterocycles. The van der Waals surface area contributed by atoms with E-state index in [0.29, 0.717) is 0 Å². The molecule has 12 heavy (non-hydrogen) atoms. The van der Waals surface area contributed by atoms with Crippen LogP contribution in [0.25, 0.3) is 0 Å². The van der Waals surface area contributed by atoms with Gasteiger partial charge < -0.3 is 5.73 Å². The van der Waals surface area contributed by atoms with E-state index in [4.69, 9.17) is 5.73 Å². The van der Waals surface area contributed by atoms with Gasteiger partial charge in [0.15, 0.2) is 0 Å². The molecule has 66 valence electrons. The molecule has 0 fully saturated rings. The Balaban J connectivity index is 2.52. The van der Waals surface area contributed by atoms with E-state index in [0.717, 1.165) is 23.1 Å². The van der Waals surface area contributed by atoms with Gasteiger partial charge in [-0.15, -0.1) is 0 Å². The van der Waals surface area contributed by atoms with Crippen molar-refractivity contribution in [2.24, 2.45) is 5.73 Å². The predicted molar refractivity (Wildman–Crippen MR) is 53.9 cm³/mol. The highest BCUT2D eigenvalue weighted by molar-refractivity contribution is 9.10. The van der Waals surface area contributed by atoms with Gasteiger partial charge in [-0.1, -0.05) is 6.07 Å². The molecular formula is C9H13BrN2. The molecule has 0 unspecified atom stereocenters. The summed E-state index contributed by atoms with van der Waals surface area (Å²) in [4.78, 5) is 4.31. The highest BCUT2D eigenvalue weighted by atomic mass is 79.9. The van der Waals surface area contributed by atoms with Gasteiger partial charge in [0.2, 0.25) is 0 Å². The van der Waals surface area contributed by atoms with E-state index >= 15 is 0 Å². The maximum atomic E-state index is 5.64. The summed E-state index contributed by atoms with van der Waals surface area (Å²) in [7, 11) is 0. The molecule has 0 aliphatic rings. The largest absolute Gasteiger partial charge is 0.328 e. The summed E-state index contributed by atoms with van der Waals surface area (Å²) in [5, 5.41) is 0. The normalized spacial score (nSPS) is 12.9. The quantitative estimate of drug-likeness (QED) is 0.806. The first-order valence-electron chi connectivity index (χ1n) is 4.05. The fourth-order valence-corrected chi connectivity index (χ4v) is 1.35. The molecule has 0 saturated carbocycles. The molecule has 0 amide bonds. The van der Waals surface area contributed by atoms with Crippen LogP contribution in [0.1, 0.15) is 19.0 Å². The number of hydrogen-bond acceptors (Lipinski definition) is 2. The average Bonchev–Trinajstić information content (AvgIpc) is 2.01. The molecule has 3 heteroatoms. The predicted octanol–water partition coefficient (Wildman–Crippen LogP) is 2.12. The molecule has 0 radical (unpaired) electrons. The zero-order chi connectivity index (χ0) is 8.97. The minimum Gasteiger partial charge on any atom is -0.328 e. The van der Waals surface area contributed by atoms with Crippen molar-refractivity contribution in [3.05, 3.63) is 28.5 Å². The van der Waals surface area contributed by atoms with Gasteiger partial charge in [-0.25, -0.2) is 4.98 Å². The SMILES string of the molecule is C[C@H](N)CCc1cccc(Br)n1. The second-order valence-electron chi connectivity index (χ2n) is 2.97. The number of hydrogen-bond donors (Lipinski definition) is 1. The van der Waals surface area contributed by atoms with Crippen LogP contribution in [-0.4, -0.2) is 11.0 Å². The van der Waals surface area contributed by atoms with Gasteiger partial charge in [-0.05, 0) is 47.8 Å². The topological polar surface area (TPSA) is 38.9 Å². The van der Waals surface area contributed by atoms with Gasteiger partial charge in [0.25, 0.3) is 0 Å². The van der Waals surface area contributed by atoms with Gasteiger partial charge in [-0.2, -0.15) is 0 Å². The smallest absolute Gasteiger partial charge is 0.106 e. The van der Waals surface area contributed by atoms with Crippen LogP contribution >= 0.6 is 15.9 Å². The summed E-state index contributed by atoms with van der Waals surface area (Å²) in [5.74, 6) is 0. The van der Waals surface area contributed by atoms with Crippen molar-refractivity contribution in [1.82, 2.24) is 4.98 Å². The molecule has 2 N–H and O–H groups in total. The van der Waals surface area contributed by atoms with E-state index in [1.54, 1.807) is 0 Å². The number of aromatic nitrogens is 1. The zero-order valence-corrected chi connectivity index (χ0v) is 8.71. The first-order chi connectivity index (χ1) is 5.68. The van der Waals surface area contributed by atoms with Gasteiger partial charge in [-0.3, -0.25) is 0 Å². The van der Waals surface area contributed by atoms with Crippen molar-refractivity contribution in [3.63, 3.8) is 0 Å². The van der Waals surface area contributed by atoms with Crippen LogP contribution in [0.2, 0.25) is 0 Å². The third-order valence-corrected chi connectivity index (χ3v) is 2.07. The first-order valence-corrected chi connectivity index (χ1v) is 4.85. The number of rotatable bonds is 3. The summed E-state index contributed by atoms with van der Waals surface area (Å²) in [6, 6.07) is 6.20. The fraction of sp³-hybridized carbons (Fsp3) is 0.444. The summed E-state index contributed by atoms with van der Waals surface area (Å²) in [6.07, 6.45) is 1.94. The Hall–Kier alpha value is -0.410. The monoisotopic (exact) mass is 228 g/mol. The second-order valence-corrected chi connectivity index (χ2v) is 3.78. The van der Waals surface area contributed by atoms with Crippen molar-refractivity contribution in [2.75, 3.05) is 0 Å². The Labute approximate surface area is 81.3 Å². The summed E-state index contributed by atoms with van der Waals surface area (Å²) in [5.41, 5.74) is 6.74. The molecule has 0 aromatic carbocycles. The Bertz CT molecular complexity index is 248. The molecule has 2 nitrogen and oxygen atoms in total. The van der Waals surface area contributed by atoms with Crippen LogP contribution in [0.3, 0.4) is 0 Å². The van der Waals surface area contributed by atoms with Crippen molar-refractivity contribution in [3.8, 4) is 0 Å². The van der Waals surface area contributed by atoms with Crippen LogP contribution in [-0.2, 0) is 6.42 Å². The molecule has 1 atom stereocenters. The molecule has 0 bridgehead atoms. The third kappa shape index (κ3) is 3.32. The lowest BCUT2D eigenvalue weighted by Crippen LogP contribution is -2.15. The molecule has 1 heterocycles. The minimum absolute atomic E-state index is 0.255. The number of nitrogens with zero attached hydrogens (tertiary/aromatic N) is 1. The van der Waals surface area contributed by atoms with E-state index in [9.17, 15) is 0 Å². The lowest BCUT2D eigenvalue weighted by molar-refractivity contribution is 0.657. The van der Waals surface area contributed by atoms with Gasteiger partial charge in [0.05, 0.1) is 0 Å². The van der Waals surface area contributed by atoms with Crippen molar-refractivity contribution in [2.45, 2.75) is 25.8 Å². The zero-order valence-electron chi connectivity index (χ0n) is 7.13. The van der Waals surface area contributed by atoms with E-state index < -0.39 is 0 Å². The number of pyridine rings is 1. The van der Waals surface area contributed by atoms with Crippen LogP contribution < -0.4 is 5.73 Å². The summed E-state index contributed by atoms with van der Waals surface area (Å²) in [6.45, 7) is 2.01. The highest BCUT2D eigenvalue weighted by Crippen LogP contribution is 2.08. The molecule has 0 saturated heterocycles. The van der Waals surface area contributed by atoms with Crippen molar-refractivity contribution >= 4 is 15.9 Å². The van der Waals surface area contributed by atoms with Crippen molar-refractivity contribution < 1.29 is 0 Å². The maximum absolute atomic E-state index is 5.64. The summed E-state index contributed by atoms with van der Waals surface area (Å²) < 4.78 is 0.893. The van der Waals surface area contributed by atoms with Crippen LogP contribution in [0, 0.1) is 0 Å². The number of aryl methyl sites for hydroxylation is 1. The van der Waals surface area contributed by atoms with Gasteiger partial charge in [0.1, 0.15) is 4.60 Å². The summed E-state index contributed by atoms with van der Waals surface area (Å²) >= 11 is 3.33. The standard InChI is InChI=1S/C9H13BrN2/c1-7(11)5-6-8-3-2-4-9(10)12-8/h2-4,7H,5-6,11H2,1H3/t7-/m0/s1. The van der Waals surface area contributed by atoms with Gasteiger partial charge in [0, 0.05) is 11.7 Å². The third-order valence-electron chi connectivity index (χ3n) is 1.63. The van der Waals surface area contributed by atoms with Crippen LogP contribution in [0.5, 0.6) is 0 Å². The van der Waals surface area contributed by atoms with Gasteiger partial charge >= 0.3 is 0 Å². The first kappa shape index (κ1) is 9.68.